The highest BCUT2D eigenvalue weighted by Gasteiger charge is 2.17. The summed E-state index contributed by atoms with van der Waals surface area (Å²) in [6.45, 7) is 3.37. The van der Waals surface area contributed by atoms with Crippen LogP contribution in [-0.2, 0) is 11.3 Å². The van der Waals surface area contributed by atoms with E-state index in [1.54, 1.807) is 30.3 Å². The van der Waals surface area contributed by atoms with Crippen LogP contribution in [0.3, 0.4) is 0 Å². The molecule has 0 fully saturated rings. The summed E-state index contributed by atoms with van der Waals surface area (Å²) in [7, 11) is 0. The molecule has 4 rings (SSSR count). The number of esters is 1. The molecule has 3 aromatic rings. The molecule has 0 unspecified atom stereocenters. The maximum absolute atomic E-state index is 12.4. The number of aromatic nitrogens is 1. The molecule has 0 saturated heterocycles. The summed E-state index contributed by atoms with van der Waals surface area (Å²) in [5.74, 6) is 1.94. The lowest BCUT2D eigenvalue weighted by Crippen LogP contribution is -2.15. The molecule has 1 aliphatic rings. The number of nitrogens with zero attached hydrogens (tertiary/aromatic N) is 1. The zero-order valence-electron chi connectivity index (χ0n) is 15.3. The molecule has 0 radical (unpaired) electrons. The second-order valence-corrected chi connectivity index (χ2v) is 6.05. The summed E-state index contributed by atoms with van der Waals surface area (Å²) in [4.78, 5) is 12.4. The van der Waals surface area contributed by atoms with Gasteiger partial charge in [-0.3, -0.25) is 0 Å². The smallest absolute Gasteiger partial charge is 0.342 e. The van der Waals surface area contributed by atoms with Crippen molar-refractivity contribution in [1.82, 2.24) is 5.16 Å². The Morgan fingerprint density at radius 1 is 1.07 bits per heavy atom. The number of hydrogen-bond acceptors (Lipinski definition) is 7. The molecule has 0 N–H and O–H groups in total. The van der Waals surface area contributed by atoms with Gasteiger partial charge in [0, 0.05) is 11.6 Å². The maximum Gasteiger partial charge on any atom is 0.342 e. The minimum absolute atomic E-state index is 0.00660. The fourth-order valence-corrected chi connectivity index (χ4v) is 2.85. The molecular formula is C21H19NO6. The van der Waals surface area contributed by atoms with Gasteiger partial charge in [-0.05, 0) is 37.3 Å². The summed E-state index contributed by atoms with van der Waals surface area (Å²) in [5.41, 5.74) is 1.68. The first kappa shape index (κ1) is 17.9. The number of rotatable bonds is 6. The molecule has 0 bridgehead atoms. The van der Waals surface area contributed by atoms with Crippen LogP contribution in [0, 0.1) is 0 Å². The lowest BCUT2D eigenvalue weighted by Gasteiger charge is -2.18. The molecule has 2 aromatic carbocycles. The van der Waals surface area contributed by atoms with Gasteiger partial charge in [0.2, 0.25) is 0 Å². The standard InChI is InChI=1S/C21H19NO6/c1-2-24-17-6-4-3-5-16(17)21(23)27-13-15-12-19(28-22-15)14-7-8-18-20(11-14)26-10-9-25-18/h3-8,11-12H,2,9-10,13H2,1H3. The Morgan fingerprint density at radius 3 is 2.75 bits per heavy atom. The highest BCUT2D eigenvalue weighted by Crippen LogP contribution is 2.34. The van der Waals surface area contributed by atoms with Crippen molar-refractivity contribution < 1.29 is 28.3 Å². The van der Waals surface area contributed by atoms with E-state index in [4.69, 9.17) is 23.5 Å². The average Bonchev–Trinajstić information content (AvgIpc) is 3.21. The van der Waals surface area contributed by atoms with E-state index in [0.717, 1.165) is 5.56 Å². The van der Waals surface area contributed by atoms with E-state index in [2.05, 4.69) is 5.16 Å². The van der Waals surface area contributed by atoms with Crippen LogP contribution in [0.4, 0.5) is 0 Å². The second-order valence-electron chi connectivity index (χ2n) is 6.05. The third-order valence-corrected chi connectivity index (χ3v) is 4.14. The van der Waals surface area contributed by atoms with E-state index in [-0.39, 0.29) is 6.61 Å². The molecule has 0 atom stereocenters. The van der Waals surface area contributed by atoms with Gasteiger partial charge in [-0.2, -0.15) is 0 Å². The second kappa shape index (κ2) is 8.04. The molecule has 2 heterocycles. The minimum atomic E-state index is -0.479. The maximum atomic E-state index is 12.4. The number of hydrogen-bond donors (Lipinski definition) is 0. The van der Waals surface area contributed by atoms with Crippen molar-refractivity contribution >= 4 is 5.97 Å². The van der Waals surface area contributed by atoms with E-state index >= 15 is 0 Å². The van der Waals surface area contributed by atoms with Crippen LogP contribution in [0.25, 0.3) is 11.3 Å². The van der Waals surface area contributed by atoms with E-state index in [0.29, 0.717) is 54.1 Å². The summed E-state index contributed by atoms with van der Waals surface area (Å²) in [6.07, 6.45) is 0. The van der Waals surface area contributed by atoms with Crippen molar-refractivity contribution in [2.24, 2.45) is 0 Å². The van der Waals surface area contributed by atoms with Gasteiger partial charge in [-0.15, -0.1) is 0 Å². The van der Waals surface area contributed by atoms with Gasteiger partial charge in [0.1, 0.15) is 36.8 Å². The fraction of sp³-hybridized carbons (Fsp3) is 0.238. The van der Waals surface area contributed by atoms with Crippen molar-refractivity contribution in [3.05, 3.63) is 59.8 Å². The molecule has 0 aliphatic carbocycles. The molecular weight excluding hydrogens is 362 g/mol. The van der Waals surface area contributed by atoms with Gasteiger partial charge >= 0.3 is 5.97 Å². The largest absolute Gasteiger partial charge is 0.493 e. The van der Waals surface area contributed by atoms with Crippen LogP contribution in [0.1, 0.15) is 23.0 Å². The van der Waals surface area contributed by atoms with Crippen LogP contribution in [-0.4, -0.2) is 30.9 Å². The Labute approximate surface area is 161 Å². The number of fused-ring (bicyclic) bond motifs is 1. The number of para-hydroxylation sites is 1. The molecule has 7 heteroatoms. The Kier molecular flexibility index (Phi) is 5.14. The van der Waals surface area contributed by atoms with Crippen LogP contribution >= 0.6 is 0 Å². The Bertz CT molecular complexity index is 981. The van der Waals surface area contributed by atoms with E-state index in [1.165, 1.54) is 0 Å². The van der Waals surface area contributed by atoms with Gasteiger partial charge < -0.3 is 23.5 Å². The Morgan fingerprint density at radius 2 is 1.89 bits per heavy atom. The predicted molar refractivity (Wildman–Crippen MR) is 99.7 cm³/mol. The third-order valence-electron chi connectivity index (χ3n) is 4.14. The van der Waals surface area contributed by atoms with Crippen LogP contribution < -0.4 is 14.2 Å². The Balaban J connectivity index is 1.43. The van der Waals surface area contributed by atoms with Crippen LogP contribution in [0.2, 0.25) is 0 Å². The number of carbonyl (C=O) groups is 1. The lowest BCUT2D eigenvalue weighted by molar-refractivity contribution is 0.0460. The average molecular weight is 381 g/mol. The summed E-state index contributed by atoms with van der Waals surface area (Å²) in [6, 6.07) is 14.2. The van der Waals surface area contributed by atoms with Crippen LogP contribution in [0.5, 0.6) is 17.2 Å². The number of carbonyl (C=O) groups excluding carboxylic acids is 1. The minimum Gasteiger partial charge on any atom is -0.493 e. The monoisotopic (exact) mass is 381 g/mol. The van der Waals surface area contributed by atoms with E-state index in [1.807, 2.05) is 25.1 Å². The topological polar surface area (TPSA) is 80.0 Å². The predicted octanol–water partition coefficient (Wildman–Crippen LogP) is 3.87. The third kappa shape index (κ3) is 3.78. The highest BCUT2D eigenvalue weighted by molar-refractivity contribution is 5.92. The van der Waals surface area contributed by atoms with E-state index < -0.39 is 5.97 Å². The van der Waals surface area contributed by atoms with Crippen molar-refractivity contribution in [2.45, 2.75) is 13.5 Å². The van der Waals surface area contributed by atoms with Gasteiger partial charge in [0.05, 0.1) is 6.61 Å². The first-order chi connectivity index (χ1) is 13.7. The van der Waals surface area contributed by atoms with Gasteiger partial charge in [-0.25, -0.2) is 4.79 Å². The van der Waals surface area contributed by atoms with Crippen LogP contribution in [0.15, 0.2) is 53.1 Å². The van der Waals surface area contributed by atoms with E-state index in [9.17, 15) is 4.79 Å². The fourth-order valence-electron chi connectivity index (χ4n) is 2.85. The molecule has 7 nitrogen and oxygen atoms in total. The number of benzene rings is 2. The highest BCUT2D eigenvalue weighted by atomic mass is 16.6. The molecule has 0 saturated carbocycles. The quantitative estimate of drug-likeness (QED) is 0.600. The molecule has 144 valence electrons. The summed E-state index contributed by atoms with van der Waals surface area (Å²) >= 11 is 0. The van der Waals surface area contributed by atoms with Crippen molar-refractivity contribution in [2.75, 3.05) is 19.8 Å². The Hall–Kier alpha value is -3.48. The van der Waals surface area contributed by atoms with Gasteiger partial charge in [-0.1, -0.05) is 17.3 Å². The number of ether oxygens (including phenoxy) is 4. The lowest BCUT2D eigenvalue weighted by atomic mass is 10.1. The first-order valence-electron chi connectivity index (χ1n) is 8.99. The van der Waals surface area contributed by atoms with Crippen molar-refractivity contribution in [3.63, 3.8) is 0 Å². The zero-order valence-corrected chi connectivity index (χ0v) is 15.3. The molecule has 0 spiro atoms. The summed E-state index contributed by atoms with van der Waals surface area (Å²) < 4.78 is 27.3. The molecule has 28 heavy (non-hydrogen) atoms. The van der Waals surface area contributed by atoms with Crippen molar-refractivity contribution in [1.29, 1.82) is 0 Å². The first-order valence-corrected chi connectivity index (χ1v) is 8.99. The van der Waals surface area contributed by atoms with Crippen molar-refractivity contribution in [3.8, 4) is 28.6 Å². The zero-order chi connectivity index (χ0) is 19.3. The molecule has 1 aromatic heterocycles. The normalized spacial score (nSPS) is 12.5. The molecule has 0 amide bonds. The van der Waals surface area contributed by atoms with Gasteiger partial charge in [0.15, 0.2) is 17.3 Å². The SMILES string of the molecule is CCOc1ccccc1C(=O)OCc1cc(-c2ccc3c(c2)OCCO3)on1. The summed E-state index contributed by atoms with van der Waals surface area (Å²) in [5, 5.41) is 3.97. The van der Waals surface area contributed by atoms with Gasteiger partial charge in [0.25, 0.3) is 0 Å². The molecule has 1 aliphatic heterocycles.